The molecule has 0 amide bonds. The number of esters is 1. The number of methoxy groups -OCH3 is 1. The van der Waals surface area contributed by atoms with Crippen molar-refractivity contribution in [1.29, 1.82) is 0 Å². The van der Waals surface area contributed by atoms with Crippen molar-refractivity contribution in [3.05, 3.63) is 59.1 Å². The van der Waals surface area contributed by atoms with Crippen LogP contribution in [0.5, 0.6) is 0 Å². The first-order chi connectivity index (χ1) is 11.6. The van der Waals surface area contributed by atoms with Crippen LogP contribution in [-0.4, -0.2) is 31.3 Å². The summed E-state index contributed by atoms with van der Waals surface area (Å²) in [6, 6.07) is 8.75. The number of fused-ring (bicyclic) bond motifs is 1. The second-order valence-electron chi connectivity index (χ2n) is 5.00. The van der Waals surface area contributed by atoms with Crippen molar-refractivity contribution in [3.63, 3.8) is 0 Å². The van der Waals surface area contributed by atoms with E-state index < -0.39 is 17.5 Å². The highest BCUT2D eigenvalue weighted by atomic mass is 16.5. The molecule has 3 rings (SSSR count). The van der Waals surface area contributed by atoms with Crippen LogP contribution < -0.4 is 0 Å². The van der Waals surface area contributed by atoms with E-state index in [0.29, 0.717) is 5.56 Å². The van der Waals surface area contributed by atoms with Crippen LogP contribution in [0, 0.1) is 0 Å². The highest BCUT2D eigenvalue weighted by Crippen LogP contribution is 2.36. The number of hydrogen-bond acceptors (Lipinski definition) is 6. The number of hydrogen-bond donors (Lipinski definition) is 0. The summed E-state index contributed by atoms with van der Waals surface area (Å²) in [7, 11) is 1.29. The number of furan rings is 1. The molecule has 0 radical (unpaired) electrons. The molecule has 0 saturated carbocycles. The monoisotopic (exact) mass is 326 g/mol. The van der Waals surface area contributed by atoms with Crippen molar-refractivity contribution in [2.45, 2.75) is 6.92 Å². The lowest BCUT2D eigenvalue weighted by atomic mass is 9.95. The molecule has 6 nitrogen and oxygen atoms in total. The van der Waals surface area contributed by atoms with Gasteiger partial charge in [0.25, 0.3) is 5.78 Å². The number of rotatable bonds is 4. The Balaban J connectivity index is 2.26. The average Bonchev–Trinajstić information content (AvgIpc) is 3.00. The fraction of sp³-hybridized carbons (Fsp3) is 0.167. The van der Waals surface area contributed by atoms with E-state index in [0.717, 1.165) is 6.08 Å². The van der Waals surface area contributed by atoms with Gasteiger partial charge in [-0.05, 0) is 6.92 Å². The number of carbonyl (C=O) groups excluding carboxylic acids is 3. The molecule has 0 saturated heterocycles. The van der Waals surface area contributed by atoms with Crippen LogP contribution in [0.2, 0.25) is 0 Å². The molecule has 0 N–H and O–H groups in total. The summed E-state index contributed by atoms with van der Waals surface area (Å²) < 4.78 is 15.6. The Bertz CT molecular complexity index is 857. The molecular weight excluding hydrogens is 312 g/mol. The Labute approximate surface area is 137 Å². The van der Waals surface area contributed by atoms with Crippen LogP contribution in [0.1, 0.15) is 38.2 Å². The number of ketones is 2. The maximum Gasteiger partial charge on any atom is 0.342 e. The molecule has 1 aromatic heterocycles. The van der Waals surface area contributed by atoms with Gasteiger partial charge in [0.15, 0.2) is 17.3 Å². The fourth-order valence-corrected chi connectivity index (χ4v) is 2.54. The SMILES string of the molecule is CCOC(=O)c1c(-c2ccccc2)oc2c1C(=O)C=C(OC)C2=O. The minimum absolute atomic E-state index is 0.0391. The van der Waals surface area contributed by atoms with Crippen LogP contribution in [-0.2, 0) is 9.47 Å². The summed E-state index contributed by atoms with van der Waals surface area (Å²) in [5, 5.41) is 0. The van der Waals surface area contributed by atoms with E-state index in [9.17, 15) is 14.4 Å². The Hall–Kier alpha value is -3.15. The largest absolute Gasteiger partial charge is 0.492 e. The Morgan fingerprint density at radius 3 is 2.46 bits per heavy atom. The van der Waals surface area contributed by atoms with Gasteiger partial charge in [-0.3, -0.25) is 9.59 Å². The number of allylic oxidation sites excluding steroid dienone is 2. The van der Waals surface area contributed by atoms with Gasteiger partial charge in [-0.2, -0.15) is 0 Å². The summed E-state index contributed by atoms with van der Waals surface area (Å²) >= 11 is 0. The molecule has 1 aliphatic carbocycles. The van der Waals surface area contributed by atoms with Crippen LogP contribution in [0.15, 0.2) is 46.6 Å². The third-order valence-corrected chi connectivity index (χ3v) is 3.58. The smallest absolute Gasteiger partial charge is 0.342 e. The fourth-order valence-electron chi connectivity index (χ4n) is 2.54. The molecular formula is C18H14O6. The van der Waals surface area contributed by atoms with Gasteiger partial charge in [0, 0.05) is 11.6 Å². The highest BCUT2D eigenvalue weighted by molar-refractivity contribution is 6.26. The van der Waals surface area contributed by atoms with E-state index >= 15 is 0 Å². The van der Waals surface area contributed by atoms with Gasteiger partial charge in [-0.1, -0.05) is 30.3 Å². The molecule has 24 heavy (non-hydrogen) atoms. The minimum atomic E-state index is -0.711. The number of carbonyl (C=O) groups is 3. The van der Waals surface area contributed by atoms with Gasteiger partial charge in [0.05, 0.1) is 19.3 Å². The van der Waals surface area contributed by atoms with Crippen molar-refractivity contribution in [2.24, 2.45) is 0 Å². The van der Waals surface area contributed by atoms with Gasteiger partial charge in [0.1, 0.15) is 11.3 Å². The average molecular weight is 326 g/mol. The van der Waals surface area contributed by atoms with E-state index in [-0.39, 0.29) is 35.0 Å². The topological polar surface area (TPSA) is 82.8 Å². The zero-order chi connectivity index (χ0) is 17.3. The normalized spacial score (nSPS) is 13.3. The third kappa shape index (κ3) is 2.42. The van der Waals surface area contributed by atoms with Crippen molar-refractivity contribution in [3.8, 4) is 11.3 Å². The number of Topliss-reactive ketones (excluding diaryl/α,β-unsaturated/α-hetero) is 1. The molecule has 0 atom stereocenters. The quantitative estimate of drug-likeness (QED) is 0.803. The van der Waals surface area contributed by atoms with Crippen molar-refractivity contribution < 1.29 is 28.3 Å². The lowest BCUT2D eigenvalue weighted by Gasteiger charge is -2.09. The van der Waals surface area contributed by atoms with E-state index in [1.807, 2.05) is 0 Å². The lowest BCUT2D eigenvalue weighted by Crippen LogP contribution is -2.19. The van der Waals surface area contributed by atoms with Crippen LogP contribution in [0.4, 0.5) is 0 Å². The van der Waals surface area contributed by atoms with Gasteiger partial charge in [-0.25, -0.2) is 4.79 Å². The summed E-state index contributed by atoms with van der Waals surface area (Å²) in [5.41, 5.74) is 0.440. The molecule has 6 heteroatoms. The predicted molar refractivity (Wildman–Crippen MR) is 83.9 cm³/mol. The van der Waals surface area contributed by atoms with Gasteiger partial charge < -0.3 is 13.9 Å². The Morgan fingerprint density at radius 1 is 1.12 bits per heavy atom. The zero-order valence-corrected chi connectivity index (χ0v) is 13.1. The van der Waals surface area contributed by atoms with Gasteiger partial charge >= 0.3 is 5.97 Å². The number of benzene rings is 1. The summed E-state index contributed by atoms with van der Waals surface area (Å²) in [6.45, 7) is 1.79. The summed E-state index contributed by atoms with van der Waals surface area (Å²) in [5.74, 6) is -2.03. The van der Waals surface area contributed by atoms with E-state index in [4.69, 9.17) is 13.9 Å². The van der Waals surface area contributed by atoms with E-state index in [1.54, 1.807) is 37.3 Å². The first kappa shape index (κ1) is 15.7. The second kappa shape index (κ2) is 6.16. The van der Waals surface area contributed by atoms with Crippen molar-refractivity contribution >= 4 is 17.5 Å². The molecule has 0 aliphatic heterocycles. The first-order valence-corrected chi connectivity index (χ1v) is 7.32. The Kier molecular flexibility index (Phi) is 4.04. The maximum atomic E-state index is 12.4. The molecule has 1 aliphatic rings. The first-order valence-electron chi connectivity index (χ1n) is 7.32. The molecule has 0 bridgehead atoms. The van der Waals surface area contributed by atoms with E-state index in [2.05, 4.69) is 0 Å². The maximum absolute atomic E-state index is 12.4. The molecule has 122 valence electrons. The minimum Gasteiger partial charge on any atom is -0.492 e. The second-order valence-corrected chi connectivity index (χ2v) is 5.00. The summed E-state index contributed by atoms with van der Waals surface area (Å²) in [6.07, 6.45) is 1.05. The molecule has 0 fully saturated rings. The van der Waals surface area contributed by atoms with Crippen molar-refractivity contribution in [2.75, 3.05) is 13.7 Å². The standard InChI is InChI=1S/C18H14O6/c1-3-23-18(21)14-13-11(19)9-12(22-2)15(20)17(13)24-16(14)10-7-5-4-6-8-10/h4-9H,3H2,1-2H3. The van der Waals surface area contributed by atoms with Gasteiger partial charge in [0.2, 0.25) is 0 Å². The number of ether oxygens (including phenoxy) is 2. The van der Waals surface area contributed by atoms with Crippen LogP contribution in [0.25, 0.3) is 11.3 Å². The van der Waals surface area contributed by atoms with E-state index in [1.165, 1.54) is 7.11 Å². The zero-order valence-electron chi connectivity index (χ0n) is 13.1. The lowest BCUT2D eigenvalue weighted by molar-refractivity contribution is 0.0524. The van der Waals surface area contributed by atoms with Crippen LogP contribution in [0.3, 0.4) is 0 Å². The third-order valence-electron chi connectivity index (χ3n) is 3.58. The molecule has 1 heterocycles. The van der Waals surface area contributed by atoms with Gasteiger partial charge in [-0.15, -0.1) is 0 Å². The molecule has 1 aromatic carbocycles. The van der Waals surface area contributed by atoms with Crippen LogP contribution >= 0.6 is 0 Å². The van der Waals surface area contributed by atoms with Crippen molar-refractivity contribution in [1.82, 2.24) is 0 Å². The predicted octanol–water partition coefficient (Wildman–Crippen LogP) is 3.03. The molecule has 0 unspecified atom stereocenters. The molecule has 0 spiro atoms. The molecule has 2 aromatic rings. The Morgan fingerprint density at radius 2 is 1.83 bits per heavy atom. The summed E-state index contributed by atoms with van der Waals surface area (Å²) in [4.78, 5) is 37.2. The highest BCUT2D eigenvalue weighted by Gasteiger charge is 2.38.